The van der Waals surface area contributed by atoms with Crippen LogP contribution < -0.4 is 60.9 Å². The van der Waals surface area contributed by atoms with Crippen LogP contribution in [0.5, 0.6) is 5.75 Å². The van der Waals surface area contributed by atoms with Gasteiger partial charge in [-0.25, -0.2) is 8.42 Å². The third kappa shape index (κ3) is 4.52. The predicted molar refractivity (Wildman–Crippen MR) is 68.6 cm³/mol. The summed E-state index contributed by atoms with van der Waals surface area (Å²) in [4.78, 5) is 11.1. The Balaban J connectivity index is 0.00000200. The zero-order valence-corrected chi connectivity index (χ0v) is 14.9. The van der Waals surface area contributed by atoms with Crippen molar-refractivity contribution in [3.8, 4) is 5.75 Å². The van der Waals surface area contributed by atoms with E-state index in [9.17, 15) is 17.8 Å². The van der Waals surface area contributed by atoms with E-state index >= 15 is 0 Å². The van der Waals surface area contributed by atoms with Gasteiger partial charge in [-0.2, -0.15) is 0 Å². The molecule has 6 nitrogen and oxygen atoms in total. The Morgan fingerprint density at radius 2 is 1.85 bits per heavy atom. The number of fused-ring (bicyclic) bond motifs is 1. The standard InChI is InChI=1S/C12H11NO5S.K/c1-8(14)13-11-7-6-9-4-2-3-5-10(9)12(11)18-19(15,16)17;/h2-7H,1H3,(H,13,14)(H,15,16,17);/q;+1/p-1. The number of anilines is 1. The normalized spacial score (nSPS) is 10.7. The third-order valence-corrected chi connectivity index (χ3v) is 2.75. The number of carbonyl (C=O) groups is 1. The van der Waals surface area contributed by atoms with Crippen LogP contribution in [0.1, 0.15) is 6.92 Å². The van der Waals surface area contributed by atoms with Crippen LogP contribution in [0.2, 0.25) is 0 Å². The van der Waals surface area contributed by atoms with Crippen LogP contribution in [0.4, 0.5) is 5.69 Å². The van der Waals surface area contributed by atoms with E-state index in [0.717, 1.165) is 0 Å². The van der Waals surface area contributed by atoms with Crippen molar-refractivity contribution >= 4 is 32.8 Å². The van der Waals surface area contributed by atoms with Crippen molar-refractivity contribution in [1.82, 2.24) is 0 Å². The van der Waals surface area contributed by atoms with Crippen molar-refractivity contribution in [2.24, 2.45) is 0 Å². The minimum absolute atomic E-state index is 0. The molecule has 1 amide bonds. The smallest absolute Gasteiger partial charge is 0.716 e. The number of amides is 1. The molecular formula is C12H10KNO5S. The van der Waals surface area contributed by atoms with E-state index in [-0.39, 0.29) is 62.8 Å². The summed E-state index contributed by atoms with van der Waals surface area (Å²) >= 11 is 0. The van der Waals surface area contributed by atoms with Gasteiger partial charge in [-0.1, -0.05) is 30.3 Å². The van der Waals surface area contributed by atoms with E-state index in [0.29, 0.717) is 10.8 Å². The Morgan fingerprint density at radius 1 is 1.20 bits per heavy atom. The van der Waals surface area contributed by atoms with Gasteiger partial charge in [-0.05, 0) is 11.5 Å². The zero-order chi connectivity index (χ0) is 14.0. The average Bonchev–Trinajstić information content (AvgIpc) is 2.30. The Labute approximate surface area is 158 Å². The fourth-order valence-electron chi connectivity index (χ4n) is 1.72. The van der Waals surface area contributed by atoms with Crippen LogP contribution in [0, 0.1) is 0 Å². The molecule has 2 aromatic rings. The van der Waals surface area contributed by atoms with Gasteiger partial charge in [0, 0.05) is 12.3 Å². The van der Waals surface area contributed by atoms with Gasteiger partial charge in [0.2, 0.25) is 5.91 Å². The summed E-state index contributed by atoms with van der Waals surface area (Å²) in [7, 11) is -4.93. The van der Waals surface area contributed by atoms with Crippen molar-refractivity contribution in [1.29, 1.82) is 0 Å². The summed E-state index contributed by atoms with van der Waals surface area (Å²) in [6, 6.07) is 9.92. The molecule has 0 heterocycles. The monoisotopic (exact) mass is 319 g/mol. The third-order valence-electron chi connectivity index (χ3n) is 2.38. The molecular weight excluding hydrogens is 309 g/mol. The number of benzene rings is 2. The van der Waals surface area contributed by atoms with Gasteiger partial charge in [0.15, 0.2) is 5.75 Å². The number of carbonyl (C=O) groups excluding carboxylic acids is 1. The molecule has 0 saturated carbocycles. The molecule has 0 bridgehead atoms. The Hall–Kier alpha value is -0.484. The molecule has 0 aliphatic rings. The summed E-state index contributed by atoms with van der Waals surface area (Å²) in [5.74, 6) is -0.577. The molecule has 0 radical (unpaired) electrons. The molecule has 0 spiro atoms. The van der Waals surface area contributed by atoms with E-state index < -0.39 is 16.3 Å². The molecule has 0 atom stereocenters. The van der Waals surface area contributed by atoms with E-state index in [1.165, 1.54) is 13.0 Å². The van der Waals surface area contributed by atoms with Gasteiger partial charge in [0.25, 0.3) is 10.4 Å². The summed E-state index contributed by atoms with van der Waals surface area (Å²) < 4.78 is 36.8. The van der Waals surface area contributed by atoms with Crippen molar-refractivity contribution < 1.29 is 73.3 Å². The summed E-state index contributed by atoms with van der Waals surface area (Å²) in [6.07, 6.45) is 0. The minimum Gasteiger partial charge on any atom is -0.716 e. The topological polar surface area (TPSA) is 95.5 Å². The second-order valence-corrected chi connectivity index (χ2v) is 4.82. The van der Waals surface area contributed by atoms with Gasteiger partial charge in [-0.3, -0.25) is 4.79 Å². The average molecular weight is 319 g/mol. The molecule has 1 N–H and O–H groups in total. The molecule has 2 aromatic carbocycles. The fraction of sp³-hybridized carbons (Fsp3) is 0.0833. The molecule has 0 aromatic heterocycles. The molecule has 0 saturated heterocycles. The minimum atomic E-state index is -4.93. The second kappa shape index (κ2) is 6.99. The predicted octanol–water partition coefficient (Wildman–Crippen LogP) is -1.36. The summed E-state index contributed by atoms with van der Waals surface area (Å²) in [6.45, 7) is 1.27. The van der Waals surface area contributed by atoms with Crippen LogP contribution in [0.15, 0.2) is 36.4 Å². The largest absolute Gasteiger partial charge is 1.00 e. The molecule has 20 heavy (non-hydrogen) atoms. The Bertz CT molecular complexity index is 745. The molecule has 8 heteroatoms. The van der Waals surface area contributed by atoms with Gasteiger partial charge in [-0.15, -0.1) is 0 Å². The first-order valence-electron chi connectivity index (χ1n) is 5.31. The van der Waals surface area contributed by atoms with E-state index in [1.807, 2.05) is 0 Å². The number of hydrogen-bond acceptors (Lipinski definition) is 5. The van der Waals surface area contributed by atoms with Gasteiger partial charge in [0.1, 0.15) is 0 Å². The van der Waals surface area contributed by atoms with Crippen molar-refractivity contribution in [2.45, 2.75) is 6.92 Å². The first-order chi connectivity index (χ1) is 8.87. The summed E-state index contributed by atoms with van der Waals surface area (Å²) in [5, 5.41) is 3.54. The van der Waals surface area contributed by atoms with Crippen LogP contribution >= 0.6 is 0 Å². The maximum absolute atomic E-state index is 11.1. The van der Waals surface area contributed by atoms with E-state index in [4.69, 9.17) is 0 Å². The van der Waals surface area contributed by atoms with E-state index in [2.05, 4.69) is 9.50 Å². The van der Waals surface area contributed by atoms with Crippen LogP contribution in [-0.4, -0.2) is 18.9 Å². The van der Waals surface area contributed by atoms with Crippen LogP contribution in [0.25, 0.3) is 10.8 Å². The zero-order valence-electron chi connectivity index (χ0n) is 10.9. The maximum atomic E-state index is 11.1. The first kappa shape index (κ1) is 17.6. The van der Waals surface area contributed by atoms with Gasteiger partial charge >= 0.3 is 51.4 Å². The SMILES string of the molecule is CC(=O)Nc1ccc2ccccc2c1OS(=O)(=O)[O-].[K+]. The maximum Gasteiger partial charge on any atom is 1.00 e. The van der Waals surface area contributed by atoms with Crippen molar-refractivity contribution in [2.75, 3.05) is 5.32 Å². The fourth-order valence-corrected chi connectivity index (χ4v) is 2.11. The molecule has 0 unspecified atom stereocenters. The van der Waals surface area contributed by atoms with Gasteiger partial charge in [0.05, 0.1) is 5.69 Å². The Morgan fingerprint density at radius 3 is 2.45 bits per heavy atom. The van der Waals surface area contributed by atoms with Crippen molar-refractivity contribution in [3.63, 3.8) is 0 Å². The molecule has 100 valence electrons. The molecule has 0 fully saturated rings. The number of hydrogen-bond donors (Lipinski definition) is 1. The Kier molecular flexibility index (Phi) is 6.14. The van der Waals surface area contributed by atoms with Crippen LogP contribution in [-0.2, 0) is 15.2 Å². The van der Waals surface area contributed by atoms with Gasteiger partial charge < -0.3 is 14.1 Å². The first-order valence-corrected chi connectivity index (χ1v) is 6.65. The summed E-state index contributed by atoms with van der Waals surface area (Å²) in [5.41, 5.74) is 0.130. The molecule has 2 rings (SSSR count). The number of rotatable bonds is 3. The van der Waals surface area contributed by atoms with Crippen molar-refractivity contribution in [3.05, 3.63) is 36.4 Å². The van der Waals surface area contributed by atoms with Crippen LogP contribution in [0.3, 0.4) is 0 Å². The number of nitrogens with one attached hydrogen (secondary N) is 1. The molecule has 0 aliphatic carbocycles. The van der Waals surface area contributed by atoms with E-state index in [1.54, 1.807) is 30.3 Å². The molecule has 0 aliphatic heterocycles. The quantitative estimate of drug-likeness (QED) is 0.428. The second-order valence-electron chi connectivity index (χ2n) is 3.84.